The first-order chi connectivity index (χ1) is 3.68. The molecule has 0 aliphatic heterocycles. The van der Waals surface area contributed by atoms with Crippen molar-refractivity contribution < 1.29 is 9.90 Å². The van der Waals surface area contributed by atoms with Crippen LogP contribution >= 0.6 is 11.6 Å². The molecule has 0 saturated heterocycles. The molecule has 0 heterocycles. The first-order valence-corrected chi connectivity index (χ1v) is 2.17. The lowest BCUT2D eigenvalue weighted by Crippen LogP contribution is -2.17. The standard InChI is InChI=1S/C3H4O2.C2H3Cl/c1-2-3(4)5;1-2-3/h2H,1H2,(H,4,5);2H,1H2/p-1. The lowest BCUT2D eigenvalue weighted by atomic mass is 10.7. The van der Waals surface area contributed by atoms with Gasteiger partial charge in [0.15, 0.2) is 0 Å². The molecule has 0 saturated carbocycles. The molecule has 3 heteroatoms. The monoisotopic (exact) mass is 133 g/mol. The number of rotatable bonds is 1. The van der Waals surface area contributed by atoms with Crippen molar-refractivity contribution in [1.82, 2.24) is 0 Å². The van der Waals surface area contributed by atoms with Crippen LogP contribution in [0.4, 0.5) is 0 Å². The summed E-state index contributed by atoms with van der Waals surface area (Å²) in [6.07, 6.45) is 0.722. The van der Waals surface area contributed by atoms with E-state index in [0.717, 1.165) is 6.08 Å². The van der Waals surface area contributed by atoms with Crippen LogP contribution in [0.2, 0.25) is 0 Å². The van der Waals surface area contributed by atoms with Crippen LogP contribution in [0.3, 0.4) is 0 Å². The molecular weight excluding hydrogens is 128 g/mol. The summed E-state index contributed by atoms with van der Waals surface area (Å²) < 4.78 is 0. The number of hydrogen-bond acceptors (Lipinski definition) is 2. The zero-order valence-electron chi connectivity index (χ0n) is 4.26. The minimum atomic E-state index is -1.23. The van der Waals surface area contributed by atoms with E-state index < -0.39 is 5.97 Å². The van der Waals surface area contributed by atoms with Crippen molar-refractivity contribution in [2.75, 3.05) is 0 Å². The number of hydrogen-bond donors (Lipinski definition) is 0. The lowest BCUT2D eigenvalue weighted by Gasteiger charge is -1.81. The quantitative estimate of drug-likeness (QED) is 0.483. The highest BCUT2D eigenvalue weighted by atomic mass is 35.5. The normalized spacial score (nSPS) is 5.62. The summed E-state index contributed by atoms with van der Waals surface area (Å²) in [5.74, 6) is -1.23. The maximum absolute atomic E-state index is 9.14. The van der Waals surface area contributed by atoms with E-state index in [1.807, 2.05) is 0 Å². The van der Waals surface area contributed by atoms with Crippen molar-refractivity contribution in [3.05, 3.63) is 24.8 Å². The number of carboxylic acid groups (broad SMARTS) is 1. The van der Waals surface area contributed by atoms with Crippen LogP contribution in [0.1, 0.15) is 0 Å². The molecule has 0 radical (unpaired) electrons. The molecule has 2 nitrogen and oxygen atoms in total. The smallest absolute Gasteiger partial charge is 0.0636 e. The first-order valence-electron chi connectivity index (χ1n) is 1.73. The first kappa shape index (κ1) is 10.3. The van der Waals surface area contributed by atoms with Gasteiger partial charge in [-0.15, -0.1) is 0 Å². The Hall–Kier alpha value is -0.760. The molecule has 0 atom stereocenters. The van der Waals surface area contributed by atoms with Crippen molar-refractivity contribution in [3.8, 4) is 0 Å². The third-order valence-corrected chi connectivity index (χ3v) is 0.167. The van der Waals surface area contributed by atoms with Gasteiger partial charge >= 0.3 is 0 Å². The fourth-order valence-corrected chi connectivity index (χ4v) is 0. The molecular formula is C5H6ClO2-. The van der Waals surface area contributed by atoms with Crippen molar-refractivity contribution in [2.24, 2.45) is 0 Å². The van der Waals surface area contributed by atoms with E-state index in [1.165, 1.54) is 5.54 Å². The molecule has 0 N–H and O–H groups in total. The molecule has 8 heavy (non-hydrogen) atoms. The van der Waals surface area contributed by atoms with E-state index in [4.69, 9.17) is 21.5 Å². The van der Waals surface area contributed by atoms with Gasteiger partial charge in [-0.25, -0.2) is 0 Å². The number of aliphatic carboxylic acids is 1. The Morgan fingerprint density at radius 1 is 1.62 bits per heavy atom. The zero-order chi connectivity index (χ0) is 6.99. The predicted octanol–water partition coefficient (Wildman–Crippen LogP) is 0.291. The Morgan fingerprint density at radius 2 is 1.75 bits per heavy atom. The fraction of sp³-hybridized carbons (Fsp3) is 0. The SMILES string of the molecule is C=CC(=O)[O-].C=CCl. The summed E-state index contributed by atoms with van der Waals surface area (Å²) in [5, 5.41) is 9.14. The molecule has 0 bridgehead atoms. The van der Waals surface area contributed by atoms with Gasteiger partial charge < -0.3 is 9.90 Å². The molecule has 0 aromatic carbocycles. The van der Waals surface area contributed by atoms with Gasteiger partial charge in [-0.2, -0.15) is 0 Å². The highest BCUT2D eigenvalue weighted by Gasteiger charge is 1.55. The van der Waals surface area contributed by atoms with Gasteiger partial charge in [-0.05, 0) is 11.6 Å². The molecule has 0 fully saturated rings. The van der Waals surface area contributed by atoms with E-state index >= 15 is 0 Å². The van der Waals surface area contributed by atoms with Gasteiger partial charge in [0.25, 0.3) is 0 Å². The van der Waals surface area contributed by atoms with Crippen LogP contribution in [0.25, 0.3) is 0 Å². The van der Waals surface area contributed by atoms with Crippen LogP contribution in [0.15, 0.2) is 24.8 Å². The largest absolute Gasteiger partial charge is 0.545 e. The second-order valence-corrected chi connectivity index (χ2v) is 0.986. The fourth-order valence-electron chi connectivity index (χ4n) is 0. The molecule has 0 unspecified atom stereocenters. The topological polar surface area (TPSA) is 40.1 Å². The molecule has 0 aliphatic carbocycles. The molecule has 0 spiro atoms. The van der Waals surface area contributed by atoms with Crippen LogP contribution < -0.4 is 5.11 Å². The third-order valence-electron chi connectivity index (χ3n) is 0.167. The van der Waals surface area contributed by atoms with E-state index in [1.54, 1.807) is 0 Å². The second kappa shape index (κ2) is 9.53. The second-order valence-electron chi connectivity index (χ2n) is 0.677. The van der Waals surface area contributed by atoms with Gasteiger partial charge in [-0.1, -0.05) is 24.8 Å². The van der Waals surface area contributed by atoms with Crippen LogP contribution in [0, 0.1) is 0 Å². The van der Waals surface area contributed by atoms with Crippen molar-refractivity contribution in [1.29, 1.82) is 0 Å². The Balaban J connectivity index is 0. The Labute approximate surface area is 53.1 Å². The van der Waals surface area contributed by atoms with Gasteiger partial charge in [0.2, 0.25) is 0 Å². The van der Waals surface area contributed by atoms with Crippen LogP contribution in [-0.4, -0.2) is 5.97 Å². The maximum Gasteiger partial charge on any atom is 0.0636 e. The Morgan fingerprint density at radius 3 is 1.75 bits per heavy atom. The number of carbonyl (C=O) groups excluding carboxylic acids is 1. The summed E-state index contributed by atoms with van der Waals surface area (Å²) in [6, 6.07) is 0. The number of carboxylic acids is 1. The summed E-state index contributed by atoms with van der Waals surface area (Å²) in [7, 11) is 0. The molecule has 46 valence electrons. The predicted molar refractivity (Wildman–Crippen MR) is 31.3 cm³/mol. The summed E-state index contributed by atoms with van der Waals surface area (Å²) in [6.45, 7) is 6.02. The Kier molecular flexibility index (Phi) is 12.2. The summed E-state index contributed by atoms with van der Waals surface area (Å²) >= 11 is 4.76. The zero-order valence-corrected chi connectivity index (χ0v) is 5.02. The van der Waals surface area contributed by atoms with Gasteiger partial charge in [0.05, 0.1) is 5.97 Å². The van der Waals surface area contributed by atoms with Gasteiger partial charge in [-0.3, -0.25) is 0 Å². The van der Waals surface area contributed by atoms with E-state index in [9.17, 15) is 0 Å². The highest BCUT2D eigenvalue weighted by molar-refractivity contribution is 6.25. The van der Waals surface area contributed by atoms with E-state index in [2.05, 4.69) is 13.2 Å². The maximum atomic E-state index is 9.14. The van der Waals surface area contributed by atoms with Crippen molar-refractivity contribution in [3.63, 3.8) is 0 Å². The summed E-state index contributed by atoms with van der Waals surface area (Å²) in [4.78, 5) is 9.14. The third kappa shape index (κ3) is 61.3. The molecule has 0 aliphatic rings. The average Bonchev–Trinajstić information content (AvgIpc) is 1.69. The van der Waals surface area contributed by atoms with E-state index in [-0.39, 0.29) is 0 Å². The number of carbonyl (C=O) groups is 1. The molecule has 0 amide bonds. The minimum Gasteiger partial charge on any atom is -0.545 e. The van der Waals surface area contributed by atoms with Crippen LogP contribution in [0.5, 0.6) is 0 Å². The minimum absolute atomic E-state index is 0.722. The number of halogens is 1. The molecule has 0 aromatic rings. The Bertz CT molecular complexity index is 88.4. The highest BCUT2D eigenvalue weighted by Crippen LogP contribution is 1.60. The van der Waals surface area contributed by atoms with Crippen molar-refractivity contribution in [2.45, 2.75) is 0 Å². The van der Waals surface area contributed by atoms with Crippen molar-refractivity contribution >= 4 is 17.6 Å². The van der Waals surface area contributed by atoms with E-state index in [0.29, 0.717) is 0 Å². The average molecular weight is 134 g/mol. The van der Waals surface area contributed by atoms with Gasteiger partial charge in [0, 0.05) is 0 Å². The molecule has 0 aromatic heterocycles. The lowest BCUT2D eigenvalue weighted by molar-refractivity contribution is -0.297. The van der Waals surface area contributed by atoms with Crippen LogP contribution in [-0.2, 0) is 4.79 Å². The van der Waals surface area contributed by atoms with Gasteiger partial charge in [0.1, 0.15) is 0 Å². The molecule has 0 rings (SSSR count). The summed E-state index contributed by atoms with van der Waals surface area (Å²) in [5.41, 5.74) is 1.22.